The van der Waals surface area contributed by atoms with E-state index in [9.17, 15) is 13.6 Å². The third-order valence-electron chi connectivity index (χ3n) is 4.44. The van der Waals surface area contributed by atoms with Crippen LogP contribution in [0.3, 0.4) is 0 Å². The van der Waals surface area contributed by atoms with Crippen LogP contribution in [0.2, 0.25) is 0 Å². The molecular weight excluding hydrogens is 338 g/mol. The number of amides is 1. The summed E-state index contributed by atoms with van der Waals surface area (Å²) in [5.41, 5.74) is 2.79. The second-order valence-corrected chi connectivity index (χ2v) is 6.36. The number of hydrogen-bond donors (Lipinski definition) is 1. The van der Waals surface area contributed by atoms with E-state index < -0.39 is 11.6 Å². The second kappa shape index (κ2) is 8.76. The molecule has 26 heavy (non-hydrogen) atoms. The van der Waals surface area contributed by atoms with Crippen LogP contribution in [0.1, 0.15) is 17.5 Å². The van der Waals surface area contributed by atoms with Crippen LogP contribution in [-0.4, -0.2) is 37.0 Å². The van der Waals surface area contributed by atoms with Crippen molar-refractivity contribution in [3.05, 3.63) is 65.2 Å². The number of nitrogens with zero attached hydrogens (tertiary/aromatic N) is 1. The monoisotopic (exact) mass is 360 g/mol. The van der Waals surface area contributed by atoms with Crippen molar-refractivity contribution in [1.82, 2.24) is 10.2 Å². The highest BCUT2D eigenvalue weighted by molar-refractivity contribution is 5.77. The highest BCUT2D eigenvalue weighted by Crippen LogP contribution is 2.18. The van der Waals surface area contributed by atoms with Crippen molar-refractivity contribution in [2.75, 3.05) is 26.2 Å². The molecule has 2 aromatic rings. The zero-order chi connectivity index (χ0) is 18.4. The van der Waals surface area contributed by atoms with E-state index in [1.54, 1.807) is 0 Å². The van der Waals surface area contributed by atoms with Gasteiger partial charge < -0.3 is 10.1 Å². The molecule has 1 aliphatic rings. The van der Waals surface area contributed by atoms with E-state index in [1.165, 1.54) is 17.2 Å². The van der Waals surface area contributed by atoms with Gasteiger partial charge in [-0.2, -0.15) is 0 Å². The molecular formula is C20H22F2N2O2. The Morgan fingerprint density at radius 1 is 1.15 bits per heavy atom. The topological polar surface area (TPSA) is 41.6 Å². The number of benzene rings is 2. The van der Waals surface area contributed by atoms with Crippen LogP contribution in [0, 0.1) is 11.6 Å². The average Bonchev–Trinajstić information content (AvgIpc) is 2.64. The quantitative estimate of drug-likeness (QED) is 0.772. The Morgan fingerprint density at radius 2 is 1.96 bits per heavy atom. The summed E-state index contributed by atoms with van der Waals surface area (Å²) in [5, 5.41) is 2.76. The van der Waals surface area contributed by atoms with Gasteiger partial charge in [0.15, 0.2) is 18.2 Å². The number of rotatable bonds is 7. The Kier molecular flexibility index (Phi) is 6.17. The van der Waals surface area contributed by atoms with E-state index in [-0.39, 0.29) is 18.3 Å². The molecule has 2 aromatic carbocycles. The largest absolute Gasteiger partial charge is 0.481 e. The molecule has 1 heterocycles. The maximum absolute atomic E-state index is 13.4. The Labute approximate surface area is 151 Å². The lowest BCUT2D eigenvalue weighted by Gasteiger charge is -2.28. The molecule has 1 amide bonds. The van der Waals surface area contributed by atoms with E-state index in [1.807, 2.05) is 0 Å². The highest BCUT2D eigenvalue weighted by Gasteiger charge is 2.15. The van der Waals surface area contributed by atoms with Crippen molar-refractivity contribution in [3.8, 4) is 5.75 Å². The third kappa shape index (κ3) is 5.02. The van der Waals surface area contributed by atoms with Gasteiger partial charge in [-0.1, -0.05) is 24.3 Å². The third-order valence-corrected chi connectivity index (χ3v) is 4.44. The predicted molar refractivity (Wildman–Crippen MR) is 94.9 cm³/mol. The SMILES string of the molecule is O=C(COc1ccc(F)cc1F)NCCCN1CCc2ccccc2C1. The molecule has 4 nitrogen and oxygen atoms in total. The summed E-state index contributed by atoms with van der Waals surface area (Å²) >= 11 is 0. The highest BCUT2D eigenvalue weighted by atomic mass is 19.1. The number of ether oxygens (including phenoxy) is 1. The first kappa shape index (κ1) is 18.3. The summed E-state index contributed by atoms with van der Waals surface area (Å²) in [5.74, 6) is -1.95. The Morgan fingerprint density at radius 3 is 2.77 bits per heavy atom. The fourth-order valence-corrected chi connectivity index (χ4v) is 3.06. The molecule has 0 bridgehead atoms. The van der Waals surface area contributed by atoms with Crippen LogP contribution in [0.4, 0.5) is 8.78 Å². The molecule has 0 spiro atoms. The molecule has 0 aliphatic carbocycles. The van der Waals surface area contributed by atoms with Gasteiger partial charge in [0.1, 0.15) is 5.82 Å². The van der Waals surface area contributed by atoms with Crippen molar-refractivity contribution >= 4 is 5.91 Å². The first-order valence-electron chi connectivity index (χ1n) is 8.75. The molecule has 0 unspecified atom stereocenters. The molecule has 138 valence electrons. The summed E-state index contributed by atoms with van der Waals surface area (Å²) < 4.78 is 31.3. The Bertz CT molecular complexity index is 767. The molecule has 0 radical (unpaired) electrons. The van der Waals surface area contributed by atoms with Crippen LogP contribution < -0.4 is 10.1 Å². The van der Waals surface area contributed by atoms with Gasteiger partial charge in [-0.15, -0.1) is 0 Å². The van der Waals surface area contributed by atoms with Crippen molar-refractivity contribution in [3.63, 3.8) is 0 Å². The molecule has 1 aliphatic heterocycles. The van der Waals surface area contributed by atoms with Gasteiger partial charge in [-0.05, 0) is 36.1 Å². The lowest BCUT2D eigenvalue weighted by Crippen LogP contribution is -2.35. The molecule has 0 aromatic heterocycles. The van der Waals surface area contributed by atoms with Gasteiger partial charge in [-0.25, -0.2) is 8.78 Å². The van der Waals surface area contributed by atoms with E-state index in [2.05, 4.69) is 34.5 Å². The molecule has 0 fully saturated rings. The zero-order valence-electron chi connectivity index (χ0n) is 14.5. The second-order valence-electron chi connectivity index (χ2n) is 6.36. The standard InChI is InChI=1S/C20H22F2N2O2/c21-17-6-7-19(18(22)12-17)26-14-20(25)23-9-3-10-24-11-8-15-4-1-2-5-16(15)13-24/h1-2,4-7,12H,3,8-11,13-14H2,(H,23,25). The molecule has 1 N–H and O–H groups in total. The van der Waals surface area contributed by atoms with E-state index in [0.29, 0.717) is 6.54 Å². The van der Waals surface area contributed by atoms with Gasteiger partial charge in [-0.3, -0.25) is 9.69 Å². The molecule has 0 saturated carbocycles. The summed E-state index contributed by atoms with van der Waals surface area (Å²) in [6, 6.07) is 11.5. The first-order valence-corrected chi connectivity index (χ1v) is 8.75. The lowest BCUT2D eigenvalue weighted by molar-refractivity contribution is -0.123. The normalized spacial score (nSPS) is 13.9. The minimum atomic E-state index is -0.817. The maximum Gasteiger partial charge on any atom is 0.257 e. The number of nitrogens with one attached hydrogen (secondary N) is 1. The Hall–Kier alpha value is -2.47. The van der Waals surface area contributed by atoms with Crippen LogP contribution in [0.15, 0.2) is 42.5 Å². The lowest BCUT2D eigenvalue weighted by atomic mass is 10.00. The predicted octanol–water partition coefficient (Wildman–Crippen LogP) is 2.91. The van der Waals surface area contributed by atoms with Gasteiger partial charge in [0.05, 0.1) is 0 Å². The fourth-order valence-electron chi connectivity index (χ4n) is 3.06. The molecule has 6 heteroatoms. The van der Waals surface area contributed by atoms with Gasteiger partial charge in [0.2, 0.25) is 0 Å². The average molecular weight is 360 g/mol. The number of carbonyl (C=O) groups is 1. The van der Waals surface area contributed by atoms with Gasteiger partial charge in [0, 0.05) is 32.2 Å². The van der Waals surface area contributed by atoms with Crippen LogP contribution in [0.25, 0.3) is 0 Å². The Balaban J connectivity index is 1.33. The van der Waals surface area contributed by atoms with Crippen molar-refractivity contribution in [1.29, 1.82) is 0 Å². The van der Waals surface area contributed by atoms with E-state index in [4.69, 9.17) is 4.74 Å². The van der Waals surface area contributed by atoms with Gasteiger partial charge >= 0.3 is 0 Å². The summed E-state index contributed by atoms with van der Waals surface area (Å²) in [4.78, 5) is 14.1. The number of fused-ring (bicyclic) bond motifs is 1. The smallest absolute Gasteiger partial charge is 0.257 e. The van der Waals surface area contributed by atoms with Crippen molar-refractivity contribution in [2.45, 2.75) is 19.4 Å². The zero-order valence-corrected chi connectivity index (χ0v) is 14.5. The van der Waals surface area contributed by atoms with Gasteiger partial charge in [0.25, 0.3) is 5.91 Å². The molecule has 0 saturated heterocycles. The summed E-state index contributed by atoms with van der Waals surface area (Å²) in [6.45, 7) is 3.11. The van der Waals surface area contributed by atoms with Crippen molar-refractivity contribution < 1.29 is 18.3 Å². The number of hydrogen-bond acceptors (Lipinski definition) is 3. The minimum Gasteiger partial charge on any atom is -0.481 e. The summed E-state index contributed by atoms with van der Waals surface area (Å²) in [6.07, 6.45) is 1.89. The van der Waals surface area contributed by atoms with Crippen LogP contribution in [0.5, 0.6) is 5.75 Å². The summed E-state index contributed by atoms with van der Waals surface area (Å²) in [7, 11) is 0. The minimum absolute atomic E-state index is 0.131. The molecule has 0 atom stereocenters. The van der Waals surface area contributed by atoms with E-state index >= 15 is 0 Å². The maximum atomic E-state index is 13.4. The number of carbonyl (C=O) groups excluding carboxylic acids is 1. The molecule has 3 rings (SSSR count). The van der Waals surface area contributed by atoms with Crippen molar-refractivity contribution in [2.24, 2.45) is 0 Å². The van der Waals surface area contributed by atoms with E-state index in [0.717, 1.165) is 44.6 Å². The van der Waals surface area contributed by atoms with Crippen LogP contribution >= 0.6 is 0 Å². The number of halogens is 2. The first-order chi connectivity index (χ1) is 12.6. The van der Waals surface area contributed by atoms with Crippen LogP contribution in [-0.2, 0) is 17.8 Å². The fraction of sp³-hybridized carbons (Fsp3) is 0.350.